The number of esters is 1. The van der Waals surface area contributed by atoms with Gasteiger partial charge < -0.3 is 9.94 Å². The molecular weight excluding hydrogens is 335 g/mol. The van der Waals surface area contributed by atoms with Crippen LogP contribution in [0.5, 0.6) is 0 Å². The quantitative estimate of drug-likeness (QED) is 0.549. The Hall–Kier alpha value is -2.96. The molecule has 0 aliphatic rings. The molecule has 3 aromatic rings. The number of carbonyl (C=O) groups is 1. The topological polar surface area (TPSA) is 51.5 Å². The van der Waals surface area contributed by atoms with Gasteiger partial charge in [0.15, 0.2) is 5.69 Å². The second-order valence-corrected chi connectivity index (χ2v) is 5.38. The molecule has 4 nitrogen and oxygen atoms in total. The number of hydrogen-bond acceptors (Lipinski definition) is 3. The van der Waals surface area contributed by atoms with Crippen LogP contribution in [0, 0.1) is 0 Å². The molecule has 130 valence electrons. The second kappa shape index (κ2) is 6.16. The van der Waals surface area contributed by atoms with Crippen LogP contribution < -0.4 is 0 Å². The number of halogens is 3. The van der Waals surface area contributed by atoms with E-state index in [1.54, 1.807) is 37.3 Å². The molecule has 25 heavy (non-hydrogen) atoms. The van der Waals surface area contributed by atoms with Crippen molar-refractivity contribution in [2.45, 2.75) is 13.1 Å². The van der Waals surface area contributed by atoms with E-state index < -0.39 is 17.7 Å². The van der Waals surface area contributed by atoms with Gasteiger partial charge in [-0.3, -0.25) is 0 Å². The maximum atomic E-state index is 13.5. The van der Waals surface area contributed by atoms with Crippen LogP contribution in [0.3, 0.4) is 0 Å². The summed E-state index contributed by atoms with van der Waals surface area (Å²) in [6.07, 6.45) is -4.64. The smallest absolute Gasteiger partial charge is 0.417 e. The Bertz CT molecular complexity index is 930. The molecule has 0 spiro atoms. The van der Waals surface area contributed by atoms with Crippen molar-refractivity contribution in [2.75, 3.05) is 6.61 Å². The number of carbonyl (C=O) groups excluding carboxylic acids is 1. The zero-order valence-electron chi connectivity index (χ0n) is 13.2. The summed E-state index contributed by atoms with van der Waals surface area (Å²) in [4.78, 5) is 11.9. The van der Waals surface area contributed by atoms with E-state index in [9.17, 15) is 23.2 Å². The SMILES string of the molecule is CCOC(=O)c1cc2c(C(F)(F)F)cc(-c3ccccc3)cc2n1O. The Kier molecular flexibility index (Phi) is 4.16. The van der Waals surface area contributed by atoms with Crippen molar-refractivity contribution < 1.29 is 27.9 Å². The molecule has 0 bridgehead atoms. The van der Waals surface area contributed by atoms with E-state index in [-0.39, 0.29) is 28.8 Å². The van der Waals surface area contributed by atoms with Crippen molar-refractivity contribution in [1.82, 2.24) is 4.73 Å². The lowest BCUT2D eigenvalue weighted by molar-refractivity contribution is -0.136. The van der Waals surface area contributed by atoms with Gasteiger partial charge in [0.05, 0.1) is 17.7 Å². The van der Waals surface area contributed by atoms with Crippen LogP contribution >= 0.6 is 0 Å². The largest absolute Gasteiger partial charge is 0.461 e. The first-order valence-corrected chi connectivity index (χ1v) is 7.51. The van der Waals surface area contributed by atoms with Crippen LogP contribution in [-0.2, 0) is 10.9 Å². The van der Waals surface area contributed by atoms with E-state index in [4.69, 9.17) is 4.74 Å². The van der Waals surface area contributed by atoms with Crippen LogP contribution in [0.15, 0.2) is 48.5 Å². The van der Waals surface area contributed by atoms with E-state index in [0.717, 1.165) is 12.1 Å². The van der Waals surface area contributed by atoms with Crippen LogP contribution in [0.1, 0.15) is 23.0 Å². The number of fused-ring (bicyclic) bond motifs is 1. The number of aromatic nitrogens is 1. The number of rotatable bonds is 3. The highest BCUT2D eigenvalue weighted by Crippen LogP contribution is 2.39. The molecular formula is C18H14F3NO3. The minimum absolute atomic E-state index is 0.0434. The molecule has 0 aliphatic carbocycles. The van der Waals surface area contributed by atoms with Gasteiger partial charge in [-0.05, 0) is 36.2 Å². The molecule has 0 saturated heterocycles. The van der Waals surface area contributed by atoms with Gasteiger partial charge in [-0.25, -0.2) is 4.79 Å². The normalized spacial score (nSPS) is 11.7. The van der Waals surface area contributed by atoms with Gasteiger partial charge in [0.2, 0.25) is 0 Å². The molecule has 2 aromatic carbocycles. The predicted molar refractivity (Wildman–Crippen MR) is 85.5 cm³/mol. The molecule has 0 fully saturated rings. The third kappa shape index (κ3) is 3.05. The van der Waals surface area contributed by atoms with E-state index in [2.05, 4.69) is 0 Å². The van der Waals surface area contributed by atoms with E-state index in [1.165, 1.54) is 6.07 Å². The van der Waals surface area contributed by atoms with Crippen molar-refractivity contribution in [3.8, 4) is 11.1 Å². The highest BCUT2D eigenvalue weighted by molar-refractivity contribution is 5.98. The monoisotopic (exact) mass is 349 g/mol. The van der Waals surface area contributed by atoms with Crippen molar-refractivity contribution in [2.24, 2.45) is 0 Å². The van der Waals surface area contributed by atoms with Crippen LogP contribution in [-0.4, -0.2) is 22.5 Å². The Balaban J connectivity index is 2.30. The lowest BCUT2D eigenvalue weighted by Gasteiger charge is -2.11. The number of nitrogens with zero attached hydrogens (tertiary/aromatic N) is 1. The summed E-state index contributed by atoms with van der Waals surface area (Å²) in [5.74, 6) is -0.893. The van der Waals surface area contributed by atoms with Crippen molar-refractivity contribution in [3.05, 3.63) is 59.8 Å². The Morgan fingerprint density at radius 3 is 2.40 bits per heavy atom. The fourth-order valence-corrected chi connectivity index (χ4v) is 2.67. The van der Waals surface area contributed by atoms with Gasteiger partial charge in [-0.15, -0.1) is 0 Å². The zero-order valence-corrected chi connectivity index (χ0v) is 13.2. The number of ether oxygens (including phenoxy) is 1. The highest BCUT2D eigenvalue weighted by atomic mass is 19.4. The summed E-state index contributed by atoms with van der Waals surface area (Å²) >= 11 is 0. The minimum atomic E-state index is -4.64. The summed E-state index contributed by atoms with van der Waals surface area (Å²) in [6, 6.07) is 11.9. The molecule has 7 heteroatoms. The Morgan fingerprint density at radius 2 is 1.80 bits per heavy atom. The second-order valence-electron chi connectivity index (χ2n) is 5.38. The van der Waals surface area contributed by atoms with Gasteiger partial charge in [0.1, 0.15) is 0 Å². The molecule has 0 atom stereocenters. The molecule has 0 unspecified atom stereocenters. The number of hydrogen-bond donors (Lipinski definition) is 1. The molecule has 1 heterocycles. The van der Waals surface area contributed by atoms with Gasteiger partial charge in [-0.1, -0.05) is 30.3 Å². The van der Waals surface area contributed by atoms with Gasteiger partial charge in [-0.2, -0.15) is 17.9 Å². The summed E-state index contributed by atoms with van der Waals surface area (Å²) < 4.78 is 45.7. The minimum Gasteiger partial charge on any atom is -0.461 e. The first kappa shape index (κ1) is 16.9. The standard InChI is InChI=1S/C18H14F3NO3/c1-2-25-17(23)16-10-13-14(18(19,20)21)8-12(9-15(13)22(16)24)11-6-4-3-5-7-11/h3-10,24H,2H2,1H3. The number of alkyl halides is 3. The van der Waals surface area contributed by atoms with E-state index in [0.29, 0.717) is 10.3 Å². The van der Waals surface area contributed by atoms with Gasteiger partial charge in [0.25, 0.3) is 0 Å². The average Bonchev–Trinajstić information content (AvgIpc) is 2.91. The highest BCUT2D eigenvalue weighted by Gasteiger charge is 2.35. The Morgan fingerprint density at radius 1 is 1.12 bits per heavy atom. The summed E-state index contributed by atoms with van der Waals surface area (Å²) in [6.45, 7) is 1.61. The summed E-state index contributed by atoms with van der Waals surface area (Å²) in [5, 5.41) is 9.93. The molecule has 1 N–H and O–H groups in total. The van der Waals surface area contributed by atoms with Crippen molar-refractivity contribution >= 4 is 16.9 Å². The van der Waals surface area contributed by atoms with Crippen LogP contribution in [0.25, 0.3) is 22.0 Å². The van der Waals surface area contributed by atoms with Crippen LogP contribution in [0.2, 0.25) is 0 Å². The Labute approximate surface area is 141 Å². The molecule has 0 aliphatic heterocycles. The first-order valence-electron chi connectivity index (χ1n) is 7.51. The maximum Gasteiger partial charge on any atom is 0.417 e. The maximum absolute atomic E-state index is 13.5. The lowest BCUT2D eigenvalue weighted by Crippen LogP contribution is -2.10. The molecule has 0 amide bonds. The van der Waals surface area contributed by atoms with E-state index in [1.807, 2.05) is 0 Å². The summed E-state index contributed by atoms with van der Waals surface area (Å²) in [5.41, 5.74) is -0.551. The fourth-order valence-electron chi connectivity index (χ4n) is 2.67. The third-order valence-electron chi connectivity index (χ3n) is 3.79. The van der Waals surface area contributed by atoms with Gasteiger partial charge >= 0.3 is 12.1 Å². The van der Waals surface area contributed by atoms with Gasteiger partial charge in [0, 0.05) is 5.39 Å². The first-order chi connectivity index (χ1) is 11.8. The molecule has 3 rings (SSSR count). The summed E-state index contributed by atoms with van der Waals surface area (Å²) in [7, 11) is 0. The third-order valence-corrected chi connectivity index (χ3v) is 3.79. The van der Waals surface area contributed by atoms with Crippen molar-refractivity contribution in [1.29, 1.82) is 0 Å². The molecule has 1 aromatic heterocycles. The average molecular weight is 349 g/mol. The zero-order chi connectivity index (χ0) is 18.2. The fraction of sp³-hybridized carbons (Fsp3) is 0.167. The molecule has 0 saturated carbocycles. The number of benzene rings is 2. The van der Waals surface area contributed by atoms with Crippen molar-refractivity contribution in [3.63, 3.8) is 0 Å². The molecule has 0 radical (unpaired) electrons. The van der Waals surface area contributed by atoms with E-state index >= 15 is 0 Å². The van der Waals surface area contributed by atoms with Crippen LogP contribution in [0.4, 0.5) is 13.2 Å². The predicted octanol–water partition coefficient (Wildman–Crippen LogP) is 4.74. The lowest BCUT2D eigenvalue weighted by atomic mass is 10.00.